The van der Waals surface area contributed by atoms with Gasteiger partial charge < -0.3 is 19.7 Å². The molecule has 7 nitrogen and oxygen atoms in total. The molecule has 2 atom stereocenters. The monoisotopic (exact) mass is 306 g/mol. The van der Waals surface area contributed by atoms with E-state index in [-0.39, 0.29) is 41.6 Å². The van der Waals surface area contributed by atoms with Crippen molar-refractivity contribution in [2.24, 2.45) is 0 Å². The summed E-state index contributed by atoms with van der Waals surface area (Å²) in [5.74, 6) is -1.14. The second kappa shape index (κ2) is 5.47. The Morgan fingerprint density at radius 3 is 2.77 bits per heavy atom. The number of fused-ring (bicyclic) bond motifs is 2. The van der Waals surface area contributed by atoms with E-state index in [0.29, 0.717) is 18.7 Å². The minimum absolute atomic E-state index is 0.0298. The Kier molecular flexibility index (Phi) is 3.64. The summed E-state index contributed by atoms with van der Waals surface area (Å²) in [6, 6.07) is 1.11. The number of hydrogen-bond donors (Lipinski definition) is 2. The van der Waals surface area contributed by atoms with Gasteiger partial charge in [-0.15, -0.1) is 0 Å². The summed E-state index contributed by atoms with van der Waals surface area (Å²) < 4.78 is 5.45. The number of aromatic carboxylic acids is 1. The Hall–Kier alpha value is -2.31. The molecule has 2 aliphatic heterocycles. The summed E-state index contributed by atoms with van der Waals surface area (Å²) in [5, 5.41) is 12.0. The van der Waals surface area contributed by atoms with Gasteiger partial charge in [0.2, 0.25) is 5.91 Å². The predicted octanol–water partition coefficient (Wildman–Crippen LogP) is 1.03. The zero-order valence-corrected chi connectivity index (χ0v) is 12.3. The molecule has 1 aromatic heterocycles. The third-order valence-electron chi connectivity index (χ3n) is 4.38. The lowest BCUT2D eigenvalue weighted by atomic mass is 10.1. The molecule has 2 N–H and O–H groups in total. The van der Waals surface area contributed by atoms with Crippen LogP contribution in [0, 0.1) is 0 Å². The maximum Gasteiger partial charge on any atom is 0.339 e. The summed E-state index contributed by atoms with van der Waals surface area (Å²) in [6.45, 7) is 2.21. The van der Waals surface area contributed by atoms with E-state index in [2.05, 4.69) is 5.32 Å². The number of furan rings is 1. The van der Waals surface area contributed by atoms with Gasteiger partial charge in [-0.25, -0.2) is 4.79 Å². The van der Waals surface area contributed by atoms with E-state index in [1.165, 1.54) is 6.07 Å². The van der Waals surface area contributed by atoms with E-state index < -0.39 is 5.97 Å². The quantitative estimate of drug-likeness (QED) is 0.869. The molecule has 2 saturated heterocycles. The molecule has 2 fully saturated rings. The van der Waals surface area contributed by atoms with E-state index >= 15 is 0 Å². The number of nitrogens with one attached hydrogen (secondary N) is 1. The van der Waals surface area contributed by atoms with Gasteiger partial charge in [-0.3, -0.25) is 9.59 Å². The van der Waals surface area contributed by atoms with Crippen LogP contribution in [-0.2, 0) is 11.2 Å². The van der Waals surface area contributed by atoms with Crippen molar-refractivity contribution in [2.75, 3.05) is 6.54 Å². The molecule has 7 heteroatoms. The number of rotatable bonds is 3. The molecule has 0 aromatic carbocycles. The first-order valence-electron chi connectivity index (χ1n) is 7.46. The fraction of sp³-hybridized carbons (Fsp3) is 0.533. The molecule has 118 valence electrons. The minimum Gasteiger partial charge on any atom is -0.478 e. The van der Waals surface area contributed by atoms with Crippen molar-refractivity contribution in [3.63, 3.8) is 0 Å². The molecular formula is C15H18N2O5. The smallest absolute Gasteiger partial charge is 0.339 e. The van der Waals surface area contributed by atoms with Crippen molar-refractivity contribution in [1.82, 2.24) is 10.2 Å². The Labute approximate surface area is 127 Å². The first-order valence-corrected chi connectivity index (χ1v) is 7.46. The zero-order valence-electron chi connectivity index (χ0n) is 12.3. The van der Waals surface area contributed by atoms with E-state index in [0.717, 1.165) is 12.8 Å². The lowest BCUT2D eigenvalue weighted by molar-refractivity contribution is -0.121. The van der Waals surface area contributed by atoms with Crippen LogP contribution in [0.5, 0.6) is 0 Å². The topological polar surface area (TPSA) is 99.9 Å². The second-order valence-electron chi connectivity index (χ2n) is 5.71. The highest BCUT2D eigenvalue weighted by atomic mass is 16.4. The van der Waals surface area contributed by atoms with E-state index in [9.17, 15) is 14.4 Å². The number of carbonyl (C=O) groups excluding carboxylic acids is 2. The second-order valence-corrected chi connectivity index (χ2v) is 5.71. The number of carboxylic acid groups (broad SMARTS) is 1. The van der Waals surface area contributed by atoms with E-state index in [4.69, 9.17) is 9.52 Å². The van der Waals surface area contributed by atoms with Crippen LogP contribution >= 0.6 is 0 Å². The predicted molar refractivity (Wildman–Crippen MR) is 75.7 cm³/mol. The molecule has 22 heavy (non-hydrogen) atoms. The number of carbonyl (C=O) groups is 3. The molecule has 2 amide bonds. The lowest BCUT2D eigenvalue weighted by Gasteiger charge is -2.26. The standard InChI is InChI=1S/C15H18N2O5/c1-2-11-10(15(20)21)6-12(22-11)14(19)17-8-3-4-9(17)7-16-13(18)5-8/h6,8-9H,2-5,7H2,1H3,(H,16,18)(H,20,21). The summed E-state index contributed by atoms with van der Waals surface area (Å²) in [7, 11) is 0. The Morgan fingerprint density at radius 2 is 2.14 bits per heavy atom. The SMILES string of the molecule is CCc1oc(C(=O)N2C3CCC2CC(=O)NC3)cc1C(=O)O. The Balaban J connectivity index is 1.90. The number of amides is 2. The maximum absolute atomic E-state index is 12.7. The van der Waals surface area contributed by atoms with Gasteiger partial charge in [-0.05, 0) is 12.8 Å². The van der Waals surface area contributed by atoms with Gasteiger partial charge in [0.1, 0.15) is 11.3 Å². The average Bonchev–Trinajstić information content (AvgIpc) is 3.03. The lowest BCUT2D eigenvalue weighted by Crippen LogP contribution is -2.42. The van der Waals surface area contributed by atoms with Crippen LogP contribution in [0.2, 0.25) is 0 Å². The molecule has 0 radical (unpaired) electrons. The van der Waals surface area contributed by atoms with E-state index in [1.807, 2.05) is 0 Å². The molecule has 2 aliphatic rings. The van der Waals surface area contributed by atoms with Gasteiger partial charge in [-0.1, -0.05) is 6.92 Å². The van der Waals surface area contributed by atoms with Gasteiger partial charge in [0, 0.05) is 37.5 Å². The third-order valence-corrected chi connectivity index (χ3v) is 4.38. The Bertz CT molecular complexity index is 636. The number of hydrogen-bond acceptors (Lipinski definition) is 4. The first-order chi connectivity index (χ1) is 10.5. The largest absolute Gasteiger partial charge is 0.478 e. The highest BCUT2D eigenvalue weighted by Gasteiger charge is 2.41. The number of aryl methyl sites for hydroxylation is 1. The van der Waals surface area contributed by atoms with Crippen molar-refractivity contribution in [3.8, 4) is 0 Å². The van der Waals surface area contributed by atoms with Crippen molar-refractivity contribution in [1.29, 1.82) is 0 Å². The van der Waals surface area contributed by atoms with Crippen LogP contribution in [0.25, 0.3) is 0 Å². The molecular weight excluding hydrogens is 288 g/mol. The first kappa shape index (κ1) is 14.6. The van der Waals surface area contributed by atoms with Crippen molar-refractivity contribution in [3.05, 3.63) is 23.2 Å². The third kappa shape index (κ3) is 2.36. The fourth-order valence-electron chi connectivity index (χ4n) is 3.32. The number of nitrogens with zero attached hydrogens (tertiary/aromatic N) is 1. The van der Waals surface area contributed by atoms with Crippen LogP contribution in [0.3, 0.4) is 0 Å². The van der Waals surface area contributed by atoms with Gasteiger partial charge >= 0.3 is 5.97 Å². The highest BCUT2D eigenvalue weighted by molar-refractivity contribution is 5.97. The van der Waals surface area contributed by atoms with Crippen LogP contribution in [0.1, 0.15) is 52.9 Å². The maximum atomic E-state index is 12.7. The Morgan fingerprint density at radius 1 is 1.41 bits per heavy atom. The van der Waals surface area contributed by atoms with Crippen molar-refractivity contribution < 1.29 is 23.9 Å². The summed E-state index contributed by atoms with van der Waals surface area (Å²) in [5.41, 5.74) is 0.0298. The van der Waals surface area contributed by atoms with Gasteiger partial charge in [-0.2, -0.15) is 0 Å². The van der Waals surface area contributed by atoms with Crippen molar-refractivity contribution in [2.45, 2.75) is 44.7 Å². The molecule has 1 aromatic rings. The van der Waals surface area contributed by atoms with Crippen molar-refractivity contribution >= 4 is 17.8 Å². The molecule has 0 spiro atoms. The van der Waals surface area contributed by atoms with Crippen LogP contribution in [0.15, 0.2) is 10.5 Å². The van der Waals surface area contributed by atoms with Gasteiger partial charge in [0.15, 0.2) is 5.76 Å². The molecule has 0 aliphatic carbocycles. The molecule has 3 rings (SSSR count). The molecule has 2 unspecified atom stereocenters. The van der Waals surface area contributed by atoms with Crippen LogP contribution in [-0.4, -0.2) is 46.4 Å². The van der Waals surface area contributed by atoms with Gasteiger partial charge in [0.05, 0.1) is 0 Å². The molecule has 2 bridgehead atoms. The highest BCUT2D eigenvalue weighted by Crippen LogP contribution is 2.31. The fourth-order valence-corrected chi connectivity index (χ4v) is 3.32. The average molecular weight is 306 g/mol. The zero-order chi connectivity index (χ0) is 15.9. The normalized spacial score (nSPS) is 24.0. The minimum atomic E-state index is -1.10. The van der Waals surface area contributed by atoms with Gasteiger partial charge in [0.25, 0.3) is 5.91 Å². The summed E-state index contributed by atoms with van der Waals surface area (Å²) in [6.07, 6.45) is 2.32. The molecule has 0 saturated carbocycles. The summed E-state index contributed by atoms with van der Waals surface area (Å²) in [4.78, 5) is 37.2. The number of carboxylic acids is 1. The molecule has 3 heterocycles. The van der Waals surface area contributed by atoms with Crippen LogP contribution < -0.4 is 5.32 Å². The van der Waals surface area contributed by atoms with E-state index in [1.54, 1.807) is 11.8 Å². The summed E-state index contributed by atoms with van der Waals surface area (Å²) >= 11 is 0. The van der Waals surface area contributed by atoms with Crippen LogP contribution in [0.4, 0.5) is 0 Å².